The number of rotatable bonds is 3. The van der Waals surface area contributed by atoms with Crippen LogP contribution in [0.3, 0.4) is 0 Å². The number of hydrogen-bond acceptors (Lipinski definition) is 1. The molecule has 1 amide bonds. The van der Waals surface area contributed by atoms with E-state index >= 15 is 0 Å². The van der Waals surface area contributed by atoms with E-state index in [0.717, 1.165) is 0 Å². The molecular formula is C11H12Br2FNO. The topological polar surface area (TPSA) is 29.1 Å². The van der Waals surface area contributed by atoms with E-state index in [0.29, 0.717) is 21.1 Å². The molecule has 0 aliphatic heterocycles. The third-order valence-corrected chi connectivity index (χ3v) is 3.12. The molecule has 2 nitrogen and oxygen atoms in total. The number of amides is 1. The third-order valence-electron chi connectivity index (χ3n) is 1.86. The van der Waals surface area contributed by atoms with Crippen LogP contribution in [0.4, 0.5) is 10.1 Å². The molecule has 1 rings (SSSR count). The molecule has 0 aliphatic rings. The summed E-state index contributed by atoms with van der Waals surface area (Å²) in [4.78, 5) is 11.6. The van der Waals surface area contributed by atoms with Gasteiger partial charge in [-0.1, -0.05) is 13.8 Å². The normalized spacial score (nSPS) is 10.6. The first-order chi connectivity index (χ1) is 7.40. The second-order valence-electron chi connectivity index (χ2n) is 3.89. The molecule has 0 heterocycles. The number of carbonyl (C=O) groups excluding carboxylic acids is 1. The van der Waals surface area contributed by atoms with Crippen LogP contribution in [-0.4, -0.2) is 5.91 Å². The lowest BCUT2D eigenvalue weighted by Crippen LogP contribution is -2.14. The zero-order valence-electron chi connectivity index (χ0n) is 8.98. The Morgan fingerprint density at radius 1 is 1.38 bits per heavy atom. The average Bonchev–Trinajstić information content (AvgIpc) is 2.09. The summed E-state index contributed by atoms with van der Waals surface area (Å²) in [6.07, 6.45) is 0.441. The van der Waals surface area contributed by atoms with Gasteiger partial charge in [0.25, 0.3) is 0 Å². The first-order valence-corrected chi connectivity index (χ1v) is 6.43. The van der Waals surface area contributed by atoms with E-state index in [-0.39, 0.29) is 17.6 Å². The van der Waals surface area contributed by atoms with E-state index in [1.807, 2.05) is 13.8 Å². The van der Waals surface area contributed by atoms with Crippen LogP contribution >= 0.6 is 31.9 Å². The minimum atomic E-state index is -0.361. The Hall–Kier alpha value is -0.420. The highest BCUT2D eigenvalue weighted by Crippen LogP contribution is 2.32. The molecule has 0 saturated carbocycles. The third kappa shape index (κ3) is 3.87. The molecule has 0 unspecified atom stereocenters. The van der Waals surface area contributed by atoms with Crippen molar-refractivity contribution in [1.29, 1.82) is 0 Å². The van der Waals surface area contributed by atoms with Crippen LogP contribution in [-0.2, 0) is 4.79 Å². The van der Waals surface area contributed by atoms with Crippen LogP contribution in [0.2, 0.25) is 0 Å². The number of hydrogen-bond donors (Lipinski definition) is 1. The summed E-state index contributed by atoms with van der Waals surface area (Å²) >= 11 is 6.42. The van der Waals surface area contributed by atoms with E-state index in [4.69, 9.17) is 0 Å². The molecule has 1 aromatic carbocycles. The van der Waals surface area contributed by atoms with Gasteiger partial charge < -0.3 is 5.32 Å². The molecule has 0 bridgehead atoms. The fraction of sp³-hybridized carbons (Fsp3) is 0.364. The van der Waals surface area contributed by atoms with Gasteiger partial charge in [-0.2, -0.15) is 0 Å². The molecule has 16 heavy (non-hydrogen) atoms. The second kappa shape index (κ2) is 5.77. The molecule has 1 N–H and O–H groups in total. The van der Waals surface area contributed by atoms with Crippen LogP contribution in [0.1, 0.15) is 20.3 Å². The second-order valence-corrected chi connectivity index (χ2v) is 5.60. The van der Waals surface area contributed by atoms with E-state index in [1.54, 1.807) is 0 Å². The summed E-state index contributed by atoms with van der Waals surface area (Å²) < 4.78 is 14.0. The highest BCUT2D eigenvalue weighted by atomic mass is 79.9. The van der Waals surface area contributed by atoms with Crippen molar-refractivity contribution in [2.75, 3.05) is 5.32 Å². The number of carbonyl (C=O) groups is 1. The van der Waals surface area contributed by atoms with Gasteiger partial charge in [-0.3, -0.25) is 4.79 Å². The zero-order chi connectivity index (χ0) is 12.3. The van der Waals surface area contributed by atoms with Gasteiger partial charge >= 0.3 is 0 Å². The number of anilines is 1. The molecule has 0 aliphatic carbocycles. The first-order valence-electron chi connectivity index (χ1n) is 4.84. The molecule has 0 radical (unpaired) electrons. The molecule has 1 aromatic rings. The Morgan fingerprint density at radius 2 is 1.88 bits per heavy atom. The number of nitrogens with one attached hydrogen (secondary N) is 1. The van der Waals surface area contributed by atoms with Gasteiger partial charge in [-0.25, -0.2) is 4.39 Å². The zero-order valence-corrected chi connectivity index (χ0v) is 12.2. The summed E-state index contributed by atoms with van der Waals surface area (Å²) in [5.74, 6) is -0.151. The maximum atomic E-state index is 13.0. The highest BCUT2D eigenvalue weighted by molar-refractivity contribution is 9.11. The van der Waals surface area contributed by atoms with E-state index < -0.39 is 0 Å². The molecule has 0 aromatic heterocycles. The van der Waals surface area contributed by atoms with E-state index in [1.165, 1.54) is 12.1 Å². The Kier molecular flexibility index (Phi) is 4.92. The van der Waals surface area contributed by atoms with Crippen molar-refractivity contribution in [1.82, 2.24) is 0 Å². The lowest BCUT2D eigenvalue weighted by molar-refractivity contribution is -0.116. The molecule has 88 valence electrons. The van der Waals surface area contributed by atoms with Crippen LogP contribution < -0.4 is 5.32 Å². The highest BCUT2D eigenvalue weighted by Gasteiger charge is 2.11. The summed E-state index contributed by atoms with van der Waals surface area (Å²) in [6.45, 7) is 3.93. The van der Waals surface area contributed by atoms with Crippen molar-refractivity contribution in [3.63, 3.8) is 0 Å². The van der Waals surface area contributed by atoms with E-state index in [2.05, 4.69) is 37.2 Å². The van der Waals surface area contributed by atoms with Crippen molar-refractivity contribution >= 4 is 43.5 Å². The quantitative estimate of drug-likeness (QED) is 0.861. The summed E-state index contributed by atoms with van der Waals surface area (Å²) in [5, 5.41) is 2.74. The van der Waals surface area contributed by atoms with Crippen molar-refractivity contribution in [2.24, 2.45) is 5.92 Å². The van der Waals surface area contributed by atoms with Gasteiger partial charge in [0.15, 0.2) is 0 Å². The Balaban J connectivity index is 2.85. The van der Waals surface area contributed by atoms with Crippen molar-refractivity contribution < 1.29 is 9.18 Å². The SMILES string of the molecule is CC(C)CC(=O)Nc1c(Br)cc(F)cc1Br. The molecule has 0 saturated heterocycles. The predicted molar refractivity (Wildman–Crippen MR) is 69.9 cm³/mol. The van der Waals surface area contributed by atoms with Gasteiger partial charge in [0.2, 0.25) is 5.91 Å². The molecule has 0 spiro atoms. The van der Waals surface area contributed by atoms with Gasteiger partial charge in [-0.05, 0) is 49.9 Å². The van der Waals surface area contributed by atoms with Gasteiger partial charge in [-0.15, -0.1) is 0 Å². The average molecular weight is 353 g/mol. The van der Waals surface area contributed by atoms with Gasteiger partial charge in [0.05, 0.1) is 5.69 Å². The van der Waals surface area contributed by atoms with Gasteiger partial charge in [0, 0.05) is 15.4 Å². The minimum absolute atomic E-state index is 0.0805. The van der Waals surface area contributed by atoms with Crippen LogP contribution in [0.15, 0.2) is 21.1 Å². The van der Waals surface area contributed by atoms with Crippen molar-refractivity contribution in [3.8, 4) is 0 Å². The standard InChI is InChI=1S/C11H12Br2FNO/c1-6(2)3-10(16)15-11-8(12)4-7(14)5-9(11)13/h4-6H,3H2,1-2H3,(H,15,16). The summed E-state index contributed by atoms with van der Waals surface area (Å²) in [5.41, 5.74) is 0.562. The molecule has 5 heteroatoms. The lowest BCUT2D eigenvalue weighted by Gasteiger charge is -2.11. The smallest absolute Gasteiger partial charge is 0.224 e. The Labute approximate surface area is 111 Å². The largest absolute Gasteiger partial charge is 0.324 e. The van der Waals surface area contributed by atoms with Crippen LogP contribution in [0.25, 0.3) is 0 Å². The van der Waals surface area contributed by atoms with Crippen LogP contribution in [0, 0.1) is 11.7 Å². The molecular weight excluding hydrogens is 341 g/mol. The molecule has 0 atom stereocenters. The first kappa shape index (κ1) is 13.6. The van der Waals surface area contributed by atoms with E-state index in [9.17, 15) is 9.18 Å². The van der Waals surface area contributed by atoms with Crippen molar-refractivity contribution in [2.45, 2.75) is 20.3 Å². The Bertz CT molecular complexity index is 384. The number of benzene rings is 1. The monoisotopic (exact) mass is 351 g/mol. The summed E-state index contributed by atoms with van der Waals surface area (Å²) in [6, 6.07) is 2.63. The van der Waals surface area contributed by atoms with Crippen molar-refractivity contribution in [3.05, 3.63) is 26.9 Å². The van der Waals surface area contributed by atoms with Gasteiger partial charge in [0.1, 0.15) is 5.82 Å². The lowest BCUT2D eigenvalue weighted by atomic mass is 10.1. The van der Waals surface area contributed by atoms with Crippen LogP contribution in [0.5, 0.6) is 0 Å². The fourth-order valence-electron chi connectivity index (χ4n) is 1.22. The number of halogens is 3. The minimum Gasteiger partial charge on any atom is -0.324 e. The maximum absolute atomic E-state index is 13.0. The maximum Gasteiger partial charge on any atom is 0.224 e. The fourth-order valence-corrected chi connectivity index (χ4v) is 2.55. The molecule has 0 fully saturated rings. The Morgan fingerprint density at radius 3 is 2.31 bits per heavy atom. The summed E-state index contributed by atoms with van der Waals surface area (Å²) in [7, 11) is 0. The predicted octanol–water partition coefficient (Wildman–Crippen LogP) is 4.34.